The van der Waals surface area contributed by atoms with Gasteiger partial charge in [-0.2, -0.15) is 5.10 Å². The first-order valence-corrected chi connectivity index (χ1v) is 6.44. The Kier molecular flexibility index (Phi) is 3.61. The Labute approximate surface area is 117 Å². The second-order valence-electron chi connectivity index (χ2n) is 5.84. The van der Waals surface area contributed by atoms with Crippen molar-refractivity contribution in [3.63, 3.8) is 0 Å². The van der Waals surface area contributed by atoms with E-state index in [0.717, 1.165) is 12.0 Å². The van der Waals surface area contributed by atoms with Crippen LogP contribution in [0.5, 0.6) is 0 Å². The van der Waals surface area contributed by atoms with Gasteiger partial charge in [0.05, 0.1) is 11.9 Å². The molecule has 2 aromatic rings. The monoisotopic (exact) mass is 277 g/mol. The number of rotatable bonds is 4. The Morgan fingerprint density at radius 2 is 2.10 bits per heavy atom. The molecule has 1 N–H and O–H groups in total. The standard InChI is InChI=1S/C13H19N5O2/c1-13(2,3)11-10(12(19)20)15-16-18(11)6-5-9-7-14-17(4)8-9/h7-8H,5-6H2,1-4H3,(H,19,20). The first-order chi connectivity index (χ1) is 9.29. The van der Waals surface area contributed by atoms with Crippen LogP contribution in [0.4, 0.5) is 0 Å². The van der Waals surface area contributed by atoms with E-state index in [0.29, 0.717) is 12.2 Å². The second kappa shape index (κ2) is 5.07. The van der Waals surface area contributed by atoms with Gasteiger partial charge in [-0.25, -0.2) is 9.48 Å². The summed E-state index contributed by atoms with van der Waals surface area (Å²) in [7, 11) is 1.86. The number of aromatic carboxylic acids is 1. The number of carboxylic acid groups (broad SMARTS) is 1. The van der Waals surface area contributed by atoms with E-state index in [1.54, 1.807) is 15.6 Å². The fourth-order valence-corrected chi connectivity index (χ4v) is 2.19. The number of aryl methyl sites for hydroxylation is 3. The SMILES string of the molecule is Cn1cc(CCn2nnc(C(=O)O)c2C(C)(C)C)cn1. The van der Waals surface area contributed by atoms with Crippen molar-refractivity contribution in [3.8, 4) is 0 Å². The van der Waals surface area contributed by atoms with Crippen LogP contribution in [0.3, 0.4) is 0 Å². The topological polar surface area (TPSA) is 85.8 Å². The number of aromatic nitrogens is 5. The van der Waals surface area contributed by atoms with E-state index < -0.39 is 5.97 Å². The van der Waals surface area contributed by atoms with Crippen molar-refractivity contribution < 1.29 is 9.90 Å². The van der Waals surface area contributed by atoms with Crippen molar-refractivity contribution in [2.45, 2.75) is 39.2 Å². The molecule has 0 atom stereocenters. The lowest BCUT2D eigenvalue weighted by atomic mass is 9.90. The zero-order valence-corrected chi connectivity index (χ0v) is 12.2. The van der Waals surface area contributed by atoms with Crippen molar-refractivity contribution in [2.75, 3.05) is 0 Å². The molecule has 0 fully saturated rings. The minimum atomic E-state index is -1.04. The summed E-state index contributed by atoms with van der Waals surface area (Å²) in [6.45, 7) is 6.45. The molecule has 0 spiro atoms. The van der Waals surface area contributed by atoms with Crippen LogP contribution in [0.1, 0.15) is 42.5 Å². The molecule has 0 radical (unpaired) electrons. The van der Waals surface area contributed by atoms with Crippen LogP contribution in [0.15, 0.2) is 12.4 Å². The molecule has 0 saturated carbocycles. The molecule has 0 aliphatic carbocycles. The van der Waals surface area contributed by atoms with Crippen molar-refractivity contribution in [3.05, 3.63) is 29.3 Å². The maximum absolute atomic E-state index is 11.2. The Morgan fingerprint density at radius 1 is 1.40 bits per heavy atom. The van der Waals surface area contributed by atoms with Crippen LogP contribution in [0, 0.1) is 0 Å². The van der Waals surface area contributed by atoms with E-state index in [4.69, 9.17) is 0 Å². The van der Waals surface area contributed by atoms with Crippen molar-refractivity contribution in [1.82, 2.24) is 24.8 Å². The van der Waals surface area contributed by atoms with Crippen molar-refractivity contribution >= 4 is 5.97 Å². The largest absolute Gasteiger partial charge is 0.476 e. The Hall–Kier alpha value is -2.18. The third-order valence-electron chi connectivity index (χ3n) is 3.02. The Morgan fingerprint density at radius 3 is 2.60 bits per heavy atom. The fourth-order valence-electron chi connectivity index (χ4n) is 2.19. The number of carbonyl (C=O) groups is 1. The predicted octanol–water partition coefficient (Wildman–Crippen LogP) is 1.25. The summed E-state index contributed by atoms with van der Waals surface area (Å²) in [5.74, 6) is -1.04. The van der Waals surface area contributed by atoms with Gasteiger partial charge in [-0.05, 0) is 12.0 Å². The molecule has 0 aliphatic rings. The van der Waals surface area contributed by atoms with E-state index in [1.807, 2.05) is 34.0 Å². The smallest absolute Gasteiger partial charge is 0.358 e. The van der Waals surface area contributed by atoms with Gasteiger partial charge in [0.15, 0.2) is 5.69 Å². The van der Waals surface area contributed by atoms with Crippen LogP contribution < -0.4 is 0 Å². The summed E-state index contributed by atoms with van der Waals surface area (Å²) in [5.41, 5.74) is 1.43. The third kappa shape index (κ3) is 2.87. The van der Waals surface area contributed by atoms with Gasteiger partial charge in [-0.1, -0.05) is 26.0 Å². The number of nitrogens with zero attached hydrogens (tertiary/aromatic N) is 5. The highest BCUT2D eigenvalue weighted by atomic mass is 16.4. The number of carboxylic acids is 1. The Balaban J connectivity index is 2.25. The van der Waals surface area contributed by atoms with Gasteiger partial charge in [0, 0.05) is 25.2 Å². The molecule has 0 unspecified atom stereocenters. The van der Waals surface area contributed by atoms with Crippen LogP contribution >= 0.6 is 0 Å². The molecule has 20 heavy (non-hydrogen) atoms. The van der Waals surface area contributed by atoms with E-state index in [2.05, 4.69) is 15.4 Å². The first-order valence-electron chi connectivity index (χ1n) is 6.44. The summed E-state index contributed by atoms with van der Waals surface area (Å²) in [4.78, 5) is 11.2. The van der Waals surface area contributed by atoms with Gasteiger partial charge < -0.3 is 5.11 Å². The third-order valence-corrected chi connectivity index (χ3v) is 3.02. The summed E-state index contributed by atoms with van der Waals surface area (Å²) in [5, 5.41) is 21.1. The lowest BCUT2D eigenvalue weighted by Crippen LogP contribution is -2.22. The van der Waals surface area contributed by atoms with Crippen LogP contribution in [-0.2, 0) is 25.4 Å². The maximum atomic E-state index is 11.2. The normalized spacial score (nSPS) is 11.8. The van der Waals surface area contributed by atoms with Gasteiger partial charge in [0.25, 0.3) is 0 Å². The first kappa shape index (κ1) is 14.2. The maximum Gasteiger partial charge on any atom is 0.358 e. The molecule has 2 rings (SSSR count). The minimum Gasteiger partial charge on any atom is -0.476 e. The van der Waals surface area contributed by atoms with Gasteiger partial charge in [0.2, 0.25) is 0 Å². The average molecular weight is 277 g/mol. The second-order valence-corrected chi connectivity index (χ2v) is 5.84. The lowest BCUT2D eigenvalue weighted by Gasteiger charge is -2.20. The zero-order valence-electron chi connectivity index (χ0n) is 12.2. The molecule has 7 nitrogen and oxygen atoms in total. The van der Waals surface area contributed by atoms with E-state index in [-0.39, 0.29) is 11.1 Å². The van der Waals surface area contributed by atoms with Gasteiger partial charge >= 0.3 is 5.97 Å². The fraction of sp³-hybridized carbons (Fsp3) is 0.538. The summed E-state index contributed by atoms with van der Waals surface area (Å²) < 4.78 is 3.42. The molecule has 7 heteroatoms. The highest BCUT2D eigenvalue weighted by molar-refractivity contribution is 5.86. The van der Waals surface area contributed by atoms with Crippen molar-refractivity contribution in [1.29, 1.82) is 0 Å². The molecule has 0 amide bonds. The molecule has 2 aromatic heterocycles. The highest BCUT2D eigenvalue weighted by Gasteiger charge is 2.28. The minimum absolute atomic E-state index is 0.0312. The molecule has 0 saturated heterocycles. The van der Waals surface area contributed by atoms with Crippen molar-refractivity contribution in [2.24, 2.45) is 7.05 Å². The summed E-state index contributed by atoms with van der Waals surface area (Å²) >= 11 is 0. The molecule has 0 aliphatic heterocycles. The lowest BCUT2D eigenvalue weighted by molar-refractivity contribution is 0.0687. The average Bonchev–Trinajstić information content (AvgIpc) is 2.91. The molecular weight excluding hydrogens is 258 g/mol. The van der Waals surface area contributed by atoms with E-state index in [1.165, 1.54) is 0 Å². The highest BCUT2D eigenvalue weighted by Crippen LogP contribution is 2.24. The summed E-state index contributed by atoms with van der Waals surface area (Å²) in [6.07, 6.45) is 4.47. The zero-order chi connectivity index (χ0) is 14.9. The van der Waals surface area contributed by atoms with Gasteiger partial charge in [-0.15, -0.1) is 5.10 Å². The number of hydrogen-bond acceptors (Lipinski definition) is 4. The predicted molar refractivity (Wildman–Crippen MR) is 72.6 cm³/mol. The molecule has 0 bridgehead atoms. The number of hydrogen-bond donors (Lipinski definition) is 1. The summed E-state index contributed by atoms with van der Waals surface area (Å²) in [6, 6.07) is 0. The molecular formula is C13H19N5O2. The van der Waals surface area contributed by atoms with Crippen LogP contribution in [-0.4, -0.2) is 35.9 Å². The molecule has 108 valence electrons. The van der Waals surface area contributed by atoms with Gasteiger partial charge in [-0.3, -0.25) is 4.68 Å². The quantitative estimate of drug-likeness (QED) is 0.909. The molecule has 0 aromatic carbocycles. The van der Waals surface area contributed by atoms with Crippen LogP contribution in [0.2, 0.25) is 0 Å². The van der Waals surface area contributed by atoms with Gasteiger partial charge in [0.1, 0.15) is 0 Å². The molecule has 2 heterocycles. The van der Waals surface area contributed by atoms with E-state index >= 15 is 0 Å². The Bertz CT molecular complexity index is 621. The van der Waals surface area contributed by atoms with Crippen LogP contribution in [0.25, 0.3) is 0 Å². The van der Waals surface area contributed by atoms with E-state index in [9.17, 15) is 9.90 Å².